The monoisotopic (exact) mass is 295 g/mol. The Bertz CT molecular complexity index is 644. The molecule has 0 amide bonds. The number of benzene rings is 1. The third-order valence-electron chi connectivity index (χ3n) is 2.52. The molecule has 104 valence electrons. The van der Waals surface area contributed by atoms with Crippen LogP contribution in [0.3, 0.4) is 0 Å². The first kappa shape index (κ1) is 14.1. The van der Waals surface area contributed by atoms with Crippen LogP contribution >= 0.6 is 11.6 Å². The number of nitrogens with one attached hydrogen (secondary N) is 1. The van der Waals surface area contributed by atoms with Crippen LogP contribution in [-0.4, -0.2) is 18.1 Å². The van der Waals surface area contributed by atoms with Gasteiger partial charge >= 0.3 is 5.97 Å². The Balaban J connectivity index is 2.46. The second kappa shape index (κ2) is 5.75. The van der Waals surface area contributed by atoms with E-state index in [4.69, 9.17) is 17.3 Å². The normalized spacial score (nSPS) is 10.2. The summed E-state index contributed by atoms with van der Waals surface area (Å²) >= 11 is 5.91. The Morgan fingerprint density at radius 1 is 1.50 bits per heavy atom. The number of halogens is 2. The highest BCUT2D eigenvalue weighted by atomic mass is 35.5. The van der Waals surface area contributed by atoms with Gasteiger partial charge in [-0.2, -0.15) is 0 Å². The highest BCUT2D eigenvalue weighted by molar-refractivity contribution is 6.33. The van der Waals surface area contributed by atoms with E-state index < -0.39 is 11.8 Å². The van der Waals surface area contributed by atoms with Gasteiger partial charge < -0.3 is 15.8 Å². The molecule has 1 heterocycles. The van der Waals surface area contributed by atoms with Crippen molar-refractivity contribution in [1.29, 1.82) is 0 Å². The van der Waals surface area contributed by atoms with E-state index >= 15 is 0 Å². The van der Waals surface area contributed by atoms with Crippen LogP contribution in [0.1, 0.15) is 10.4 Å². The lowest BCUT2D eigenvalue weighted by Crippen LogP contribution is -2.09. The maximum atomic E-state index is 13.7. The van der Waals surface area contributed by atoms with E-state index in [1.165, 1.54) is 37.6 Å². The number of methoxy groups -OCH3 is 1. The number of aromatic nitrogens is 1. The molecule has 2 aromatic rings. The van der Waals surface area contributed by atoms with Crippen LogP contribution < -0.4 is 11.1 Å². The molecule has 5 nitrogen and oxygen atoms in total. The molecule has 1 aromatic carbocycles. The van der Waals surface area contributed by atoms with Crippen LogP contribution in [0.4, 0.5) is 21.6 Å². The number of nitrogens with zero attached hydrogens (tertiary/aromatic N) is 1. The first-order valence-electron chi connectivity index (χ1n) is 5.57. The molecule has 0 bridgehead atoms. The molecule has 0 spiro atoms. The van der Waals surface area contributed by atoms with E-state index in [1.807, 2.05) is 0 Å². The molecule has 0 aliphatic carbocycles. The van der Waals surface area contributed by atoms with Crippen LogP contribution in [0.25, 0.3) is 0 Å². The number of pyridine rings is 1. The van der Waals surface area contributed by atoms with E-state index in [9.17, 15) is 9.18 Å². The van der Waals surface area contributed by atoms with Gasteiger partial charge in [-0.15, -0.1) is 0 Å². The van der Waals surface area contributed by atoms with Crippen LogP contribution in [-0.2, 0) is 4.74 Å². The fourth-order valence-corrected chi connectivity index (χ4v) is 1.79. The Morgan fingerprint density at radius 2 is 2.25 bits per heavy atom. The maximum absolute atomic E-state index is 13.7. The maximum Gasteiger partial charge on any atom is 0.341 e. The number of hydrogen-bond acceptors (Lipinski definition) is 5. The lowest BCUT2D eigenvalue weighted by molar-refractivity contribution is 0.0601. The quantitative estimate of drug-likeness (QED) is 0.851. The van der Waals surface area contributed by atoms with Gasteiger partial charge in [0, 0.05) is 0 Å². The van der Waals surface area contributed by atoms with Gasteiger partial charge in [0.15, 0.2) is 0 Å². The summed E-state index contributed by atoms with van der Waals surface area (Å²) in [7, 11) is 1.23. The smallest absolute Gasteiger partial charge is 0.341 e. The minimum Gasteiger partial charge on any atom is -0.465 e. The zero-order valence-electron chi connectivity index (χ0n) is 10.5. The van der Waals surface area contributed by atoms with E-state index in [0.717, 1.165) is 0 Å². The van der Waals surface area contributed by atoms with Crippen molar-refractivity contribution in [2.24, 2.45) is 0 Å². The second-order valence-electron chi connectivity index (χ2n) is 3.88. The largest absolute Gasteiger partial charge is 0.465 e. The number of carbonyl (C=O) groups excluding carboxylic acids is 1. The van der Waals surface area contributed by atoms with Crippen LogP contribution in [0.2, 0.25) is 5.02 Å². The number of anilines is 3. The van der Waals surface area contributed by atoms with Crippen molar-refractivity contribution < 1.29 is 13.9 Å². The number of para-hydroxylation sites is 1. The molecule has 0 saturated carbocycles. The lowest BCUT2D eigenvalue weighted by Gasteiger charge is -2.12. The Hall–Kier alpha value is -2.34. The van der Waals surface area contributed by atoms with Gasteiger partial charge in [-0.3, -0.25) is 0 Å². The van der Waals surface area contributed by atoms with Crippen LogP contribution in [0.5, 0.6) is 0 Å². The number of esters is 1. The third kappa shape index (κ3) is 2.80. The average Bonchev–Trinajstić information content (AvgIpc) is 2.43. The van der Waals surface area contributed by atoms with Gasteiger partial charge in [0.05, 0.1) is 29.7 Å². The molecule has 0 aliphatic heterocycles. The molecule has 0 unspecified atom stereocenters. The minimum absolute atomic E-state index is 0.0246. The molecule has 0 fully saturated rings. The van der Waals surface area contributed by atoms with Crippen molar-refractivity contribution in [3.05, 3.63) is 46.9 Å². The Morgan fingerprint density at radius 3 is 2.90 bits per heavy atom. The average molecular weight is 296 g/mol. The Labute approximate surface area is 119 Å². The number of ether oxygens (including phenoxy) is 1. The second-order valence-corrected chi connectivity index (χ2v) is 4.29. The third-order valence-corrected chi connectivity index (χ3v) is 2.84. The van der Waals surface area contributed by atoms with E-state index in [0.29, 0.717) is 0 Å². The first-order chi connectivity index (χ1) is 9.52. The summed E-state index contributed by atoms with van der Waals surface area (Å²) in [6, 6.07) is 5.61. The molecule has 0 atom stereocenters. The van der Waals surface area contributed by atoms with E-state index in [-0.39, 0.29) is 27.8 Å². The number of hydrogen-bond donors (Lipinski definition) is 2. The number of rotatable bonds is 3. The van der Waals surface area contributed by atoms with Crippen molar-refractivity contribution in [2.45, 2.75) is 0 Å². The Kier molecular flexibility index (Phi) is 4.05. The van der Waals surface area contributed by atoms with Gasteiger partial charge in [0.1, 0.15) is 17.2 Å². The molecule has 20 heavy (non-hydrogen) atoms. The molecule has 3 N–H and O–H groups in total. The predicted octanol–water partition coefficient (Wildman–Crippen LogP) is 2.99. The van der Waals surface area contributed by atoms with Crippen molar-refractivity contribution >= 4 is 34.8 Å². The predicted molar refractivity (Wildman–Crippen MR) is 74.7 cm³/mol. The summed E-state index contributed by atoms with van der Waals surface area (Å²) in [4.78, 5) is 15.6. The molecular weight excluding hydrogens is 285 g/mol. The van der Waals surface area contributed by atoms with Crippen LogP contribution in [0.15, 0.2) is 30.5 Å². The van der Waals surface area contributed by atoms with Gasteiger partial charge in [0.2, 0.25) is 0 Å². The molecule has 0 radical (unpaired) electrons. The summed E-state index contributed by atoms with van der Waals surface area (Å²) in [5.74, 6) is -1.09. The molecule has 0 saturated heterocycles. The number of carbonyl (C=O) groups is 1. The summed E-state index contributed by atoms with van der Waals surface area (Å²) < 4.78 is 18.3. The minimum atomic E-state index is -0.639. The number of nitrogens with two attached hydrogens (primary N) is 1. The standard InChI is InChI=1S/C13H11ClFN3O2/c1-20-13(19)8-5-7(16)6-17-12(8)18-11-9(14)3-2-4-10(11)15/h2-6H,16H2,1H3,(H,17,18). The molecule has 7 heteroatoms. The molecule has 2 rings (SSSR count). The fraction of sp³-hybridized carbons (Fsp3) is 0.0769. The van der Waals surface area contributed by atoms with Gasteiger partial charge in [0.25, 0.3) is 0 Å². The fourth-order valence-electron chi connectivity index (χ4n) is 1.58. The zero-order valence-corrected chi connectivity index (χ0v) is 11.2. The SMILES string of the molecule is COC(=O)c1cc(N)cnc1Nc1c(F)cccc1Cl. The summed E-state index contributed by atoms with van der Waals surface area (Å²) in [5, 5.41) is 2.84. The first-order valence-corrected chi connectivity index (χ1v) is 5.95. The zero-order chi connectivity index (χ0) is 14.7. The molecular formula is C13H11ClFN3O2. The lowest BCUT2D eigenvalue weighted by atomic mass is 10.2. The van der Waals surface area contributed by atoms with Crippen molar-refractivity contribution in [2.75, 3.05) is 18.2 Å². The van der Waals surface area contributed by atoms with Gasteiger partial charge in [-0.1, -0.05) is 17.7 Å². The topological polar surface area (TPSA) is 77.2 Å². The van der Waals surface area contributed by atoms with Crippen LogP contribution in [0, 0.1) is 5.82 Å². The van der Waals surface area contributed by atoms with E-state index in [1.54, 1.807) is 0 Å². The van der Waals surface area contributed by atoms with E-state index in [2.05, 4.69) is 15.0 Å². The van der Waals surface area contributed by atoms with Crippen molar-refractivity contribution in [3.63, 3.8) is 0 Å². The summed E-state index contributed by atoms with van der Waals surface area (Å²) in [6.07, 6.45) is 1.34. The van der Waals surface area contributed by atoms with Crippen molar-refractivity contribution in [1.82, 2.24) is 4.98 Å². The highest BCUT2D eigenvalue weighted by Gasteiger charge is 2.16. The number of nitrogen functional groups attached to an aromatic ring is 1. The highest BCUT2D eigenvalue weighted by Crippen LogP contribution is 2.29. The van der Waals surface area contributed by atoms with Crippen molar-refractivity contribution in [3.8, 4) is 0 Å². The van der Waals surface area contributed by atoms with Gasteiger partial charge in [-0.25, -0.2) is 14.2 Å². The van der Waals surface area contributed by atoms with Gasteiger partial charge in [-0.05, 0) is 18.2 Å². The molecule has 1 aromatic heterocycles. The summed E-state index contributed by atoms with van der Waals surface area (Å²) in [6.45, 7) is 0. The summed E-state index contributed by atoms with van der Waals surface area (Å²) in [5.41, 5.74) is 5.98. The molecule has 0 aliphatic rings.